The van der Waals surface area contributed by atoms with Crippen LogP contribution in [0.25, 0.3) is 0 Å². The molecule has 5 heteroatoms. The fraction of sp³-hybridized carbons (Fsp3) is 0.765. The van der Waals surface area contributed by atoms with Gasteiger partial charge < -0.3 is 9.64 Å². The van der Waals surface area contributed by atoms with Gasteiger partial charge in [-0.2, -0.15) is 5.10 Å². The number of hydrogen-bond donors (Lipinski definition) is 0. The highest BCUT2D eigenvalue weighted by molar-refractivity contribution is 5.68. The number of likely N-dealkylation sites (tertiary alicyclic amines) is 1. The maximum absolute atomic E-state index is 12.1. The summed E-state index contributed by atoms with van der Waals surface area (Å²) in [5.41, 5.74) is 0.730. The minimum absolute atomic E-state index is 0.198. The van der Waals surface area contributed by atoms with Crippen molar-refractivity contribution < 1.29 is 9.53 Å². The average Bonchev–Trinajstić information content (AvgIpc) is 2.84. The van der Waals surface area contributed by atoms with Crippen molar-refractivity contribution >= 4 is 6.09 Å². The number of piperidine rings is 1. The van der Waals surface area contributed by atoms with Crippen molar-refractivity contribution in [1.82, 2.24) is 14.7 Å². The summed E-state index contributed by atoms with van der Waals surface area (Å²) in [5, 5.41) is 4.69. The summed E-state index contributed by atoms with van der Waals surface area (Å²) in [6, 6.07) is 2.12. The SMILES string of the molecule is CC(C)Cn1ccc(C2CCN(C(=O)OC(C)(C)C)CC2)n1. The standard InChI is InChI=1S/C17H29N3O2/c1-13(2)12-20-11-8-15(18-20)14-6-9-19(10-7-14)16(21)22-17(3,4)5/h8,11,13-14H,6-7,9-10,12H2,1-5H3. The van der Waals surface area contributed by atoms with E-state index in [0.29, 0.717) is 11.8 Å². The fourth-order valence-corrected chi connectivity index (χ4v) is 2.76. The molecule has 2 rings (SSSR count). The predicted molar refractivity (Wildman–Crippen MR) is 86.8 cm³/mol. The number of nitrogens with zero attached hydrogens (tertiary/aromatic N) is 3. The molecule has 1 aliphatic rings. The van der Waals surface area contributed by atoms with Crippen LogP contribution >= 0.6 is 0 Å². The molecule has 0 unspecified atom stereocenters. The molecule has 124 valence electrons. The molecule has 1 fully saturated rings. The highest BCUT2D eigenvalue weighted by atomic mass is 16.6. The Bertz CT molecular complexity index is 494. The van der Waals surface area contributed by atoms with E-state index >= 15 is 0 Å². The summed E-state index contributed by atoms with van der Waals surface area (Å²) in [7, 11) is 0. The van der Waals surface area contributed by atoms with Crippen LogP contribution in [0.5, 0.6) is 0 Å². The highest BCUT2D eigenvalue weighted by Crippen LogP contribution is 2.27. The van der Waals surface area contributed by atoms with Gasteiger partial charge in [0.05, 0.1) is 5.69 Å². The van der Waals surface area contributed by atoms with E-state index in [1.807, 2.05) is 30.4 Å². The zero-order valence-corrected chi connectivity index (χ0v) is 14.5. The zero-order valence-electron chi connectivity index (χ0n) is 14.5. The maximum Gasteiger partial charge on any atom is 0.410 e. The van der Waals surface area contributed by atoms with E-state index in [0.717, 1.165) is 38.2 Å². The third-order valence-electron chi connectivity index (χ3n) is 3.78. The van der Waals surface area contributed by atoms with E-state index in [1.54, 1.807) is 0 Å². The van der Waals surface area contributed by atoms with E-state index in [9.17, 15) is 4.79 Å². The van der Waals surface area contributed by atoms with Crippen molar-refractivity contribution in [3.05, 3.63) is 18.0 Å². The molecule has 0 spiro atoms. The molecular formula is C17H29N3O2. The summed E-state index contributed by atoms with van der Waals surface area (Å²) < 4.78 is 7.46. The van der Waals surface area contributed by atoms with Gasteiger partial charge in [0, 0.05) is 31.7 Å². The normalized spacial score (nSPS) is 17.1. The van der Waals surface area contributed by atoms with Gasteiger partial charge in [-0.3, -0.25) is 4.68 Å². The molecule has 0 saturated carbocycles. The minimum Gasteiger partial charge on any atom is -0.444 e. The smallest absolute Gasteiger partial charge is 0.410 e. The molecule has 22 heavy (non-hydrogen) atoms. The van der Waals surface area contributed by atoms with Gasteiger partial charge in [0.2, 0.25) is 0 Å². The molecule has 1 aliphatic heterocycles. The van der Waals surface area contributed by atoms with Crippen LogP contribution in [0.15, 0.2) is 12.3 Å². The van der Waals surface area contributed by atoms with Crippen molar-refractivity contribution in [3.8, 4) is 0 Å². The fourth-order valence-electron chi connectivity index (χ4n) is 2.76. The van der Waals surface area contributed by atoms with E-state index < -0.39 is 5.60 Å². The van der Waals surface area contributed by atoms with E-state index in [-0.39, 0.29) is 6.09 Å². The Kier molecular flexibility index (Phi) is 5.14. The van der Waals surface area contributed by atoms with Gasteiger partial charge in [-0.05, 0) is 45.6 Å². The predicted octanol–water partition coefficient (Wildman–Crippen LogP) is 3.65. The van der Waals surface area contributed by atoms with E-state index in [1.165, 1.54) is 0 Å². The van der Waals surface area contributed by atoms with Crippen molar-refractivity contribution in [2.45, 2.75) is 65.5 Å². The molecule has 1 aromatic heterocycles. The molecule has 0 atom stereocenters. The monoisotopic (exact) mass is 307 g/mol. The third-order valence-corrected chi connectivity index (χ3v) is 3.78. The van der Waals surface area contributed by atoms with Gasteiger partial charge in [0.1, 0.15) is 5.60 Å². The number of aromatic nitrogens is 2. The molecule has 0 aromatic carbocycles. The lowest BCUT2D eigenvalue weighted by molar-refractivity contribution is 0.0204. The minimum atomic E-state index is -0.427. The third kappa shape index (κ3) is 4.75. The molecule has 1 amide bonds. The van der Waals surface area contributed by atoms with Crippen LogP contribution in [0, 0.1) is 5.92 Å². The number of carbonyl (C=O) groups excluding carboxylic acids is 1. The average molecular weight is 307 g/mol. The van der Waals surface area contributed by atoms with Gasteiger partial charge >= 0.3 is 6.09 Å². The van der Waals surface area contributed by atoms with Crippen LogP contribution in [0.4, 0.5) is 4.79 Å². The molecule has 1 aromatic rings. The Morgan fingerprint density at radius 3 is 2.55 bits per heavy atom. The van der Waals surface area contributed by atoms with Crippen molar-refractivity contribution in [1.29, 1.82) is 0 Å². The van der Waals surface area contributed by atoms with Crippen molar-refractivity contribution in [3.63, 3.8) is 0 Å². The summed E-state index contributed by atoms with van der Waals surface area (Å²) in [6.45, 7) is 12.5. The largest absolute Gasteiger partial charge is 0.444 e. The van der Waals surface area contributed by atoms with Gasteiger partial charge in [-0.15, -0.1) is 0 Å². The first-order valence-corrected chi connectivity index (χ1v) is 8.26. The van der Waals surface area contributed by atoms with E-state index in [4.69, 9.17) is 4.74 Å². The first-order chi connectivity index (χ1) is 10.2. The molecule has 0 aliphatic carbocycles. The summed E-state index contributed by atoms with van der Waals surface area (Å²) in [4.78, 5) is 13.9. The second-order valence-corrected chi connectivity index (χ2v) is 7.60. The van der Waals surface area contributed by atoms with Gasteiger partial charge in [-0.25, -0.2) is 4.79 Å². The summed E-state index contributed by atoms with van der Waals surface area (Å²) >= 11 is 0. The molecule has 2 heterocycles. The summed E-state index contributed by atoms with van der Waals surface area (Å²) in [5.74, 6) is 1.05. The van der Waals surface area contributed by atoms with Crippen LogP contribution < -0.4 is 0 Å². The Balaban J connectivity index is 1.86. The van der Waals surface area contributed by atoms with Crippen molar-refractivity contribution in [2.75, 3.05) is 13.1 Å². The maximum atomic E-state index is 12.1. The lowest BCUT2D eigenvalue weighted by atomic mass is 9.94. The van der Waals surface area contributed by atoms with Crippen molar-refractivity contribution in [2.24, 2.45) is 5.92 Å². The second kappa shape index (κ2) is 6.71. The Labute approximate surface area is 133 Å². The first-order valence-electron chi connectivity index (χ1n) is 8.26. The molecule has 0 radical (unpaired) electrons. The zero-order chi connectivity index (χ0) is 16.3. The quantitative estimate of drug-likeness (QED) is 0.856. The summed E-state index contributed by atoms with van der Waals surface area (Å²) in [6.07, 6.45) is 3.78. The van der Waals surface area contributed by atoms with Crippen LogP contribution in [-0.4, -0.2) is 39.5 Å². The van der Waals surface area contributed by atoms with Crippen LogP contribution in [0.1, 0.15) is 59.1 Å². The number of amides is 1. The van der Waals surface area contributed by atoms with Gasteiger partial charge in [0.25, 0.3) is 0 Å². The number of rotatable bonds is 3. The first kappa shape index (κ1) is 16.8. The molecule has 0 N–H and O–H groups in total. The molecule has 0 bridgehead atoms. The highest BCUT2D eigenvalue weighted by Gasteiger charge is 2.28. The van der Waals surface area contributed by atoms with Gasteiger partial charge in [-0.1, -0.05) is 13.8 Å². The van der Waals surface area contributed by atoms with Gasteiger partial charge in [0.15, 0.2) is 0 Å². The number of ether oxygens (including phenoxy) is 1. The lowest BCUT2D eigenvalue weighted by Gasteiger charge is -2.32. The number of hydrogen-bond acceptors (Lipinski definition) is 3. The Morgan fingerprint density at radius 2 is 2.00 bits per heavy atom. The molecular weight excluding hydrogens is 278 g/mol. The molecule has 5 nitrogen and oxygen atoms in total. The molecule has 1 saturated heterocycles. The van der Waals surface area contributed by atoms with Crippen LogP contribution in [-0.2, 0) is 11.3 Å². The second-order valence-electron chi connectivity index (χ2n) is 7.60. The Hall–Kier alpha value is -1.52. The topological polar surface area (TPSA) is 47.4 Å². The Morgan fingerprint density at radius 1 is 1.36 bits per heavy atom. The lowest BCUT2D eigenvalue weighted by Crippen LogP contribution is -2.41. The van der Waals surface area contributed by atoms with Crippen LogP contribution in [0.3, 0.4) is 0 Å². The van der Waals surface area contributed by atoms with Crippen LogP contribution in [0.2, 0.25) is 0 Å². The van der Waals surface area contributed by atoms with E-state index in [2.05, 4.69) is 31.2 Å². The number of carbonyl (C=O) groups is 1.